The molecule has 1 spiro atoms. The molecule has 3 aliphatic rings. The lowest BCUT2D eigenvalue weighted by molar-refractivity contribution is -0.145. The maximum Gasteiger partial charge on any atom is 0.329 e. The maximum absolute atomic E-state index is 13.6. The minimum atomic E-state index is -1.07. The van der Waals surface area contributed by atoms with Crippen LogP contribution in [0.4, 0.5) is 11.4 Å². The van der Waals surface area contributed by atoms with Gasteiger partial charge in [0.1, 0.15) is 5.54 Å². The molecule has 0 atom stereocenters. The number of aryl methyl sites for hydroxylation is 1. The van der Waals surface area contributed by atoms with Gasteiger partial charge in [-0.1, -0.05) is 37.9 Å². The first-order valence-electron chi connectivity index (χ1n) is 10.3. The minimum Gasteiger partial charge on any atom is -0.480 e. The highest BCUT2D eigenvalue weighted by molar-refractivity contribution is 9.10. The number of halogens is 2. The number of carboxylic acid groups (broad SMARTS) is 1. The van der Waals surface area contributed by atoms with Crippen molar-refractivity contribution in [1.82, 2.24) is 0 Å². The average molecular weight is 534 g/mol. The van der Waals surface area contributed by atoms with Crippen molar-refractivity contribution >= 4 is 55.1 Å². The predicted molar refractivity (Wildman–Crippen MR) is 123 cm³/mol. The first-order chi connectivity index (χ1) is 14.3. The van der Waals surface area contributed by atoms with Crippen LogP contribution in [0.3, 0.4) is 0 Å². The fraction of sp³-hybridized carbons (Fsp3) is 0.391. The van der Waals surface area contributed by atoms with E-state index in [0.29, 0.717) is 25.7 Å². The summed E-state index contributed by atoms with van der Waals surface area (Å²) in [4.78, 5) is 27.9. The first-order valence-corrected chi connectivity index (χ1v) is 11.9. The lowest BCUT2D eigenvalue weighted by Crippen LogP contribution is -2.54. The van der Waals surface area contributed by atoms with Gasteiger partial charge in [0.05, 0.1) is 11.1 Å². The molecule has 1 fully saturated rings. The quantitative estimate of drug-likeness (QED) is 0.565. The van der Waals surface area contributed by atoms with Crippen LogP contribution < -0.4 is 10.2 Å². The van der Waals surface area contributed by atoms with E-state index in [4.69, 9.17) is 0 Å². The van der Waals surface area contributed by atoms with Gasteiger partial charge in [-0.25, -0.2) is 4.79 Å². The third-order valence-corrected chi connectivity index (χ3v) is 7.95. The number of hydrogen-bond donors (Lipinski definition) is 2. The van der Waals surface area contributed by atoms with E-state index in [2.05, 4.69) is 49.3 Å². The fourth-order valence-corrected chi connectivity index (χ4v) is 6.37. The van der Waals surface area contributed by atoms with Crippen molar-refractivity contribution in [3.05, 3.63) is 56.5 Å². The highest BCUT2D eigenvalue weighted by Crippen LogP contribution is 2.55. The molecule has 5 rings (SSSR count). The monoisotopic (exact) mass is 532 g/mol. The maximum atomic E-state index is 13.6. The number of carbonyl (C=O) groups is 2. The summed E-state index contributed by atoms with van der Waals surface area (Å²) in [5.74, 6) is -0.711. The molecule has 0 saturated heterocycles. The molecule has 1 amide bonds. The van der Waals surface area contributed by atoms with E-state index in [1.807, 2.05) is 29.2 Å². The Bertz CT molecular complexity index is 1060. The van der Waals surface area contributed by atoms with Gasteiger partial charge in [0, 0.05) is 21.2 Å². The molecule has 0 unspecified atom stereocenters. The second-order valence-corrected chi connectivity index (χ2v) is 10.5. The van der Waals surface area contributed by atoms with Crippen LogP contribution in [0.5, 0.6) is 0 Å². The van der Waals surface area contributed by atoms with Crippen LogP contribution in [0.1, 0.15) is 43.2 Å². The third-order valence-electron chi connectivity index (χ3n) is 7.00. The summed E-state index contributed by atoms with van der Waals surface area (Å²) in [6.45, 7) is 0.753. The summed E-state index contributed by atoms with van der Waals surface area (Å²) >= 11 is 7.07. The largest absolute Gasteiger partial charge is 0.480 e. The van der Waals surface area contributed by atoms with Gasteiger partial charge in [0.2, 0.25) is 5.91 Å². The Balaban J connectivity index is 1.50. The molecule has 30 heavy (non-hydrogen) atoms. The molecule has 2 aromatic rings. The Morgan fingerprint density at radius 1 is 1.07 bits per heavy atom. The van der Waals surface area contributed by atoms with E-state index < -0.39 is 16.9 Å². The van der Waals surface area contributed by atoms with Gasteiger partial charge in [-0.05, 0) is 80.0 Å². The fourth-order valence-electron chi connectivity index (χ4n) is 5.47. The summed E-state index contributed by atoms with van der Waals surface area (Å²) in [5, 5.41) is 13.4. The van der Waals surface area contributed by atoms with E-state index in [1.54, 1.807) is 0 Å². The highest BCUT2D eigenvalue weighted by Gasteiger charge is 2.57. The number of amides is 1. The Kier molecular flexibility index (Phi) is 4.74. The van der Waals surface area contributed by atoms with Crippen molar-refractivity contribution in [3.63, 3.8) is 0 Å². The average Bonchev–Trinajstić information content (AvgIpc) is 2.94. The zero-order valence-electron chi connectivity index (χ0n) is 16.4. The number of nitrogens with one attached hydrogen (secondary N) is 1. The lowest BCUT2D eigenvalue weighted by Gasteiger charge is -2.42. The minimum absolute atomic E-state index is 0.151. The highest BCUT2D eigenvalue weighted by atomic mass is 79.9. The molecule has 2 aromatic carbocycles. The third kappa shape index (κ3) is 2.93. The van der Waals surface area contributed by atoms with Crippen molar-refractivity contribution < 1.29 is 14.7 Å². The molecule has 7 heteroatoms. The van der Waals surface area contributed by atoms with Gasteiger partial charge in [-0.15, -0.1) is 0 Å². The van der Waals surface area contributed by atoms with Gasteiger partial charge in [-0.3, -0.25) is 4.79 Å². The Hall–Kier alpha value is -1.86. The molecule has 0 aromatic heterocycles. The van der Waals surface area contributed by atoms with Crippen molar-refractivity contribution in [1.29, 1.82) is 0 Å². The van der Waals surface area contributed by atoms with Crippen LogP contribution in [0.15, 0.2) is 45.3 Å². The number of nitrogens with zero attached hydrogens (tertiary/aromatic N) is 1. The van der Waals surface area contributed by atoms with Gasteiger partial charge >= 0.3 is 5.97 Å². The number of carbonyl (C=O) groups excluding carboxylic acids is 1. The number of anilines is 2. The van der Waals surface area contributed by atoms with Crippen LogP contribution in [-0.4, -0.2) is 29.1 Å². The number of rotatable bonds is 3. The number of hydrogen-bond acceptors (Lipinski definition) is 3. The number of fused-ring (bicyclic) bond motifs is 1. The van der Waals surface area contributed by atoms with E-state index in [1.165, 1.54) is 5.56 Å². The van der Waals surface area contributed by atoms with Gasteiger partial charge in [0.15, 0.2) is 0 Å². The SMILES string of the molecule is O=C(O)C1(Nc2cccc(Br)c2)CCC2(CC1)C(=O)N1CCCc3cc(Br)cc2c31. The van der Waals surface area contributed by atoms with E-state index >= 15 is 0 Å². The van der Waals surface area contributed by atoms with Crippen LogP contribution in [-0.2, 0) is 21.4 Å². The Labute approximate surface area is 192 Å². The van der Waals surface area contributed by atoms with Crippen molar-refractivity contribution in [2.45, 2.75) is 49.5 Å². The molecule has 0 radical (unpaired) electrons. The van der Waals surface area contributed by atoms with E-state index in [-0.39, 0.29) is 5.91 Å². The van der Waals surface area contributed by atoms with Gasteiger partial charge in [-0.2, -0.15) is 0 Å². The predicted octanol–water partition coefficient (Wildman–Crippen LogP) is 5.25. The molecule has 156 valence electrons. The summed E-state index contributed by atoms with van der Waals surface area (Å²) in [6, 6.07) is 11.8. The molecule has 1 aliphatic carbocycles. The molecule has 1 saturated carbocycles. The summed E-state index contributed by atoms with van der Waals surface area (Å²) < 4.78 is 1.89. The molecule has 2 aliphatic heterocycles. The zero-order valence-corrected chi connectivity index (χ0v) is 19.6. The molecule has 5 nitrogen and oxygen atoms in total. The summed E-state index contributed by atoms with van der Waals surface area (Å²) in [6.07, 6.45) is 3.79. The Morgan fingerprint density at radius 3 is 2.53 bits per heavy atom. The van der Waals surface area contributed by atoms with Crippen LogP contribution in [0.25, 0.3) is 0 Å². The number of benzene rings is 2. The summed E-state index contributed by atoms with van der Waals surface area (Å²) in [7, 11) is 0. The van der Waals surface area contributed by atoms with E-state index in [0.717, 1.165) is 45.3 Å². The Morgan fingerprint density at radius 2 is 1.83 bits per heavy atom. The van der Waals surface area contributed by atoms with Crippen LogP contribution >= 0.6 is 31.9 Å². The normalized spacial score (nSPS) is 27.3. The van der Waals surface area contributed by atoms with Crippen molar-refractivity contribution in [2.24, 2.45) is 0 Å². The topological polar surface area (TPSA) is 69.6 Å². The second kappa shape index (κ2) is 7.09. The molecule has 0 bridgehead atoms. The van der Waals surface area contributed by atoms with Gasteiger partial charge < -0.3 is 15.3 Å². The van der Waals surface area contributed by atoms with Gasteiger partial charge in [0.25, 0.3) is 0 Å². The molecular weight excluding hydrogens is 512 g/mol. The van der Waals surface area contributed by atoms with Crippen LogP contribution in [0.2, 0.25) is 0 Å². The van der Waals surface area contributed by atoms with Crippen molar-refractivity contribution in [2.75, 3.05) is 16.8 Å². The van der Waals surface area contributed by atoms with Crippen molar-refractivity contribution in [3.8, 4) is 0 Å². The molecule has 2 heterocycles. The first kappa shape index (κ1) is 20.1. The summed E-state index contributed by atoms with van der Waals surface area (Å²) in [5.41, 5.74) is 2.46. The van der Waals surface area contributed by atoms with E-state index in [9.17, 15) is 14.7 Å². The van der Waals surface area contributed by atoms with Crippen LogP contribution in [0, 0.1) is 0 Å². The molecule has 2 N–H and O–H groups in total. The second-order valence-electron chi connectivity index (χ2n) is 8.63. The lowest BCUT2D eigenvalue weighted by atomic mass is 9.64. The smallest absolute Gasteiger partial charge is 0.329 e. The number of aliphatic carboxylic acids is 1. The number of carboxylic acids is 1. The zero-order chi connectivity index (χ0) is 21.1. The molecular formula is C23H22Br2N2O3. The standard InChI is InChI=1S/C23H22Br2N2O3/c24-15-4-1-5-17(12-15)26-23(21(29)30)8-6-22(7-9-23)18-13-16(25)11-14-3-2-10-27(19(14)18)20(22)28/h1,4-5,11-13,26H,2-3,6-10H2,(H,29,30).